The van der Waals surface area contributed by atoms with Gasteiger partial charge in [0.15, 0.2) is 0 Å². The molecule has 3 nitrogen and oxygen atoms in total. The lowest BCUT2D eigenvalue weighted by Gasteiger charge is -2.16. The van der Waals surface area contributed by atoms with Crippen LogP contribution in [0.15, 0.2) is 18.7 Å². The molecule has 0 aromatic carbocycles. The first-order valence-electron chi connectivity index (χ1n) is 5.39. The molecule has 0 bridgehead atoms. The van der Waals surface area contributed by atoms with E-state index >= 15 is 0 Å². The minimum absolute atomic E-state index is 0. The standard InChI is InChI=1S/C12H15NO2S.ClH/c1-2-5-13-6-3-9-8-11(12(14)15)16-10(9)4-7-13;/h2,8H,1,3-7H2,(H,14,15);1H. The van der Waals surface area contributed by atoms with Crippen LogP contribution >= 0.6 is 23.7 Å². The Kier molecular flexibility index (Phi) is 5.18. The Morgan fingerprint density at radius 3 is 2.88 bits per heavy atom. The second-order valence-corrected chi connectivity index (χ2v) is 5.09. The lowest BCUT2D eigenvalue weighted by molar-refractivity contribution is 0.0702. The molecule has 1 aliphatic heterocycles. The number of hydrogen-bond acceptors (Lipinski definition) is 3. The molecular formula is C12H16ClNO2S. The maximum absolute atomic E-state index is 10.9. The molecule has 0 fully saturated rings. The third-order valence-corrected chi connectivity index (χ3v) is 4.07. The van der Waals surface area contributed by atoms with Crippen molar-refractivity contribution in [2.24, 2.45) is 0 Å². The van der Waals surface area contributed by atoms with Gasteiger partial charge in [-0.3, -0.25) is 4.90 Å². The van der Waals surface area contributed by atoms with Gasteiger partial charge < -0.3 is 5.11 Å². The van der Waals surface area contributed by atoms with Crippen molar-refractivity contribution in [2.45, 2.75) is 12.8 Å². The summed E-state index contributed by atoms with van der Waals surface area (Å²) >= 11 is 1.42. The molecule has 0 radical (unpaired) electrons. The number of halogens is 1. The summed E-state index contributed by atoms with van der Waals surface area (Å²) < 4.78 is 0. The van der Waals surface area contributed by atoms with Gasteiger partial charge in [0.1, 0.15) is 4.88 Å². The predicted octanol–water partition coefficient (Wildman–Crippen LogP) is 2.45. The van der Waals surface area contributed by atoms with Crippen LogP contribution in [0.4, 0.5) is 0 Å². The highest BCUT2D eigenvalue weighted by atomic mass is 35.5. The highest BCUT2D eigenvalue weighted by molar-refractivity contribution is 7.14. The minimum atomic E-state index is -0.805. The average molecular weight is 274 g/mol. The molecule has 0 unspecified atom stereocenters. The van der Waals surface area contributed by atoms with Crippen molar-refractivity contribution in [3.63, 3.8) is 0 Å². The first kappa shape index (κ1) is 14.2. The van der Waals surface area contributed by atoms with E-state index in [1.165, 1.54) is 21.8 Å². The van der Waals surface area contributed by atoms with Crippen LogP contribution in [0.1, 0.15) is 20.1 Å². The molecule has 5 heteroatoms. The number of hydrogen-bond donors (Lipinski definition) is 1. The fourth-order valence-electron chi connectivity index (χ4n) is 2.01. The van der Waals surface area contributed by atoms with Gasteiger partial charge in [0.25, 0.3) is 0 Å². The maximum Gasteiger partial charge on any atom is 0.345 e. The Balaban J connectivity index is 0.00000144. The molecular weight excluding hydrogens is 258 g/mol. The summed E-state index contributed by atoms with van der Waals surface area (Å²) in [6.07, 6.45) is 3.83. The minimum Gasteiger partial charge on any atom is -0.477 e. The quantitative estimate of drug-likeness (QED) is 0.860. The van der Waals surface area contributed by atoms with Crippen LogP contribution in [0.2, 0.25) is 0 Å². The summed E-state index contributed by atoms with van der Waals surface area (Å²) in [5, 5.41) is 8.93. The van der Waals surface area contributed by atoms with Gasteiger partial charge >= 0.3 is 5.97 Å². The molecule has 2 heterocycles. The fraction of sp³-hybridized carbons (Fsp3) is 0.417. The summed E-state index contributed by atoms with van der Waals surface area (Å²) in [4.78, 5) is 14.9. The van der Waals surface area contributed by atoms with E-state index in [0.717, 1.165) is 32.5 Å². The molecule has 0 aliphatic carbocycles. The lowest BCUT2D eigenvalue weighted by Crippen LogP contribution is -2.26. The SMILES string of the molecule is C=CCN1CCc2cc(C(=O)O)sc2CC1.Cl. The van der Waals surface area contributed by atoms with Gasteiger partial charge in [0.2, 0.25) is 0 Å². The topological polar surface area (TPSA) is 40.5 Å². The summed E-state index contributed by atoms with van der Waals surface area (Å²) in [6.45, 7) is 6.65. The second-order valence-electron chi connectivity index (χ2n) is 3.95. The van der Waals surface area contributed by atoms with Gasteiger partial charge in [-0.15, -0.1) is 30.3 Å². The lowest BCUT2D eigenvalue weighted by atomic mass is 10.1. The van der Waals surface area contributed by atoms with Crippen molar-refractivity contribution in [2.75, 3.05) is 19.6 Å². The van der Waals surface area contributed by atoms with Crippen LogP contribution in [-0.4, -0.2) is 35.6 Å². The molecule has 2 rings (SSSR count). The monoisotopic (exact) mass is 273 g/mol. The average Bonchev–Trinajstić information content (AvgIpc) is 2.58. The van der Waals surface area contributed by atoms with Crippen molar-refractivity contribution in [3.05, 3.63) is 34.0 Å². The first-order chi connectivity index (χ1) is 7.70. The van der Waals surface area contributed by atoms with E-state index in [2.05, 4.69) is 11.5 Å². The van der Waals surface area contributed by atoms with Crippen molar-refractivity contribution < 1.29 is 9.90 Å². The highest BCUT2D eigenvalue weighted by Gasteiger charge is 2.18. The molecule has 1 aliphatic rings. The van der Waals surface area contributed by atoms with Gasteiger partial charge in [-0.25, -0.2) is 4.79 Å². The number of fused-ring (bicyclic) bond motifs is 1. The van der Waals surface area contributed by atoms with Crippen LogP contribution in [0.5, 0.6) is 0 Å². The number of carbonyl (C=O) groups is 1. The van der Waals surface area contributed by atoms with E-state index in [-0.39, 0.29) is 12.4 Å². The van der Waals surface area contributed by atoms with Crippen molar-refractivity contribution in [1.29, 1.82) is 0 Å². The smallest absolute Gasteiger partial charge is 0.345 e. The molecule has 0 atom stereocenters. The molecule has 1 aromatic heterocycles. The zero-order valence-corrected chi connectivity index (χ0v) is 11.1. The summed E-state index contributed by atoms with van der Waals surface area (Å²) in [5.74, 6) is -0.805. The Morgan fingerprint density at radius 2 is 2.24 bits per heavy atom. The normalized spacial score (nSPS) is 15.5. The van der Waals surface area contributed by atoms with E-state index < -0.39 is 5.97 Å². The zero-order valence-electron chi connectivity index (χ0n) is 9.52. The van der Waals surface area contributed by atoms with E-state index in [4.69, 9.17) is 5.11 Å². The summed E-state index contributed by atoms with van der Waals surface area (Å²) in [5.41, 5.74) is 1.22. The molecule has 0 saturated carbocycles. The Hall–Kier alpha value is -0.840. The molecule has 1 aromatic rings. The number of carboxylic acid groups (broad SMARTS) is 1. The van der Waals surface area contributed by atoms with Crippen LogP contribution < -0.4 is 0 Å². The largest absolute Gasteiger partial charge is 0.477 e. The Bertz CT molecular complexity index is 391. The molecule has 94 valence electrons. The maximum atomic E-state index is 10.9. The molecule has 1 N–H and O–H groups in total. The number of rotatable bonds is 3. The molecule has 17 heavy (non-hydrogen) atoms. The van der Waals surface area contributed by atoms with E-state index in [9.17, 15) is 4.79 Å². The van der Waals surface area contributed by atoms with Crippen LogP contribution in [-0.2, 0) is 12.8 Å². The van der Waals surface area contributed by atoms with Crippen molar-refractivity contribution in [3.8, 4) is 0 Å². The number of nitrogens with zero attached hydrogens (tertiary/aromatic N) is 1. The summed E-state index contributed by atoms with van der Waals surface area (Å²) in [7, 11) is 0. The molecule has 0 saturated heterocycles. The van der Waals surface area contributed by atoms with Crippen LogP contribution in [0.3, 0.4) is 0 Å². The second kappa shape index (κ2) is 6.19. The van der Waals surface area contributed by atoms with Gasteiger partial charge in [-0.2, -0.15) is 0 Å². The van der Waals surface area contributed by atoms with E-state index in [0.29, 0.717) is 4.88 Å². The fourth-order valence-corrected chi connectivity index (χ4v) is 3.05. The molecule has 0 amide bonds. The number of aromatic carboxylic acids is 1. The van der Waals surface area contributed by atoms with Crippen LogP contribution in [0, 0.1) is 0 Å². The number of carboxylic acids is 1. The van der Waals surface area contributed by atoms with E-state index in [1.54, 1.807) is 0 Å². The van der Waals surface area contributed by atoms with Crippen LogP contribution in [0.25, 0.3) is 0 Å². The Labute approximate surface area is 111 Å². The first-order valence-corrected chi connectivity index (χ1v) is 6.20. The highest BCUT2D eigenvalue weighted by Crippen LogP contribution is 2.26. The summed E-state index contributed by atoms with van der Waals surface area (Å²) in [6, 6.07) is 1.83. The zero-order chi connectivity index (χ0) is 11.5. The third kappa shape index (κ3) is 3.31. The van der Waals surface area contributed by atoms with Gasteiger partial charge in [0.05, 0.1) is 0 Å². The van der Waals surface area contributed by atoms with Gasteiger partial charge in [-0.05, 0) is 24.5 Å². The van der Waals surface area contributed by atoms with E-state index in [1.807, 2.05) is 12.1 Å². The number of thiophene rings is 1. The van der Waals surface area contributed by atoms with Crippen molar-refractivity contribution >= 4 is 29.7 Å². The van der Waals surface area contributed by atoms with Gasteiger partial charge in [-0.1, -0.05) is 6.08 Å². The van der Waals surface area contributed by atoms with Crippen molar-refractivity contribution in [1.82, 2.24) is 4.90 Å². The predicted molar refractivity (Wildman–Crippen MR) is 72.6 cm³/mol. The third-order valence-electron chi connectivity index (χ3n) is 2.85. The molecule has 0 spiro atoms. The van der Waals surface area contributed by atoms with Gasteiger partial charge in [0, 0.05) is 24.5 Å². The Morgan fingerprint density at radius 1 is 1.53 bits per heavy atom.